The summed E-state index contributed by atoms with van der Waals surface area (Å²) < 4.78 is 32.3. The molecule has 0 spiro atoms. The molecule has 0 unspecified atom stereocenters. The zero-order valence-corrected chi connectivity index (χ0v) is 15.6. The fourth-order valence-electron chi connectivity index (χ4n) is 1.95. The van der Waals surface area contributed by atoms with Crippen LogP contribution in [0.3, 0.4) is 0 Å². The fourth-order valence-corrected chi connectivity index (χ4v) is 1.95. The van der Waals surface area contributed by atoms with Gasteiger partial charge in [-0.2, -0.15) is 0 Å². The number of hydrogen-bond donors (Lipinski definition) is 1. The first-order valence-electron chi connectivity index (χ1n) is 9.14. The van der Waals surface area contributed by atoms with E-state index in [1.54, 1.807) is 0 Å². The standard InChI is InChI=1S/C19H33NO6/c20-6-7-21-8-9-22-10-11-23-12-13-24-14-15-25-16-17-26-18-19-4-2-1-3-5-19/h1-5H,6-18,20H2. The van der Waals surface area contributed by atoms with Crippen LogP contribution in [-0.4, -0.2) is 79.2 Å². The molecule has 0 heterocycles. The van der Waals surface area contributed by atoms with E-state index in [0.29, 0.717) is 85.8 Å². The van der Waals surface area contributed by atoms with E-state index in [0.717, 1.165) is 0 Å². The maximum Gasteiger partial charge on any atom is 0.0718 e. The van der Waals surface area contributed by atoms with Crippen molar-refractivity contribution in [1.82, 2.24) is 0 Å². The van der Waals surface area contributed by atoms with Gasteiger partial charge >= 0.3 is 0 Å². The summed E-state index contributed by atoms with van der Waals surface area (Å²) in [5.41, 5.74) is 6.47. The molecule has 7 nitrogen and oxygen atoms in total. The minimum Gasteiger partial charge on any atom is -0.378 e. The zero-order chi connectivity index (χ0) is 18.5. The first kappa shape index (κ1) is 23.0. The molecule has 0 bridgehead atoms. The molecule has 0 aliphatic rings. The van der Waals surface area contributed by atoms with Crippen molar-refractivity contribution in [3.8, 4) is 0 Å². The van der Waals surface area contributed by atoms with Gasteiger partial charge in [0.1, 0.15) is 0 Å². The highest BCUT2D eigenvalue weighted by atomic mass is 16.6. The van der Waals surface area contributed by atoms with Crippen LogP contribution in [0.25, 0.3) is 0 Å². The van der Waals surface area contributed by atoms with Gasteiger partial charge in [0.15, 0.2) is 0 Å². The van der Waals surface area contributed by atoms with Gasteiger partial charge in [0.25, 0.3) is 0 Å². The lowest BCUT2D eigenvalue weighted by molar-refractivity contribution is -0.0173. The van der Waals surface area contributed by atoms with Crippen LogP contribution in [-0.2, 0) is 35.0 Å². The average Bonchev–Trinajstić information content (AvgIpc) is 2.68. The molecule has 0 fully saturated rings. The summed E-state index contributed by atoms with van der Waals surface area (Å²) in [4.78, 5) is 0. The molecule has 0 aliphatic carbocycles. The van der Waals surface area contributed by atoms with Crippen molar-refractivity contribution in [3.63, 3.8) is 0 Å². The quantitative estimate of drug-likeness (QED) is 0.367. The van der Waals surface area contributed by atoms with Crippen molar-refractivity contribution < 1.29 is 28.4 Å². The van der Waals surface area contributed by atoms with E-state index in [4.69, 9.17) is 34.2 Å². The van der Waals surface area contributed by atoms with Crippen LogP contribution < -0.4 is 5.73 Å². The van der Waals surface area contributed by atoms with E-state index in [-0.39, 0.29) is 0 Å². The lowest BCUT2D eigenvalue weighted by atomic mass is 10.2. The lowest BCUT2D eigenvalue weighted by Gasteiger charge is -2.08. The van der Waals surface area contributed by atoms with Crippen LogP contribution in [0.2, 0.25) is 0 Å². The van der Waals surface area contributed by atoms with Crippen LogP contribution in [0.5, 0.6) is 0 Å². The van der Waals surface area contributed by atoms with Crippen molar-refractivity contribution in [1.29, 1.82) is 0 Å². The van der Waals surface area contributed by atoms with Gasteiger partial charge in [0, 0.05) is 6.54 Å². The molecule has 26 heavy (non-hydrogen) atoms. The Bertz CT molecular complexity index is 393. The first-order chi connectivity index (χ1) is 12.9. The second-order valence-electron chi connectivity index (χ2n) is 5.39. The predicted octanol–water partition coefficient (Wildman–Crippen LogP) is 1.24. The van der Waals surface area contributed by atoms with Gasteiger partial charge in [-0.1, -0.05) is 30.3 Å². The lowest BCUT2D eigenvalue weighted by Crippen LogP contribution is -2.15. The molecular formula is C19H33NO6. The Labute approximate surface area is 156 Å². The van der Waals surface area contributed by atoms with Crippen molar-refractivity contribution in [3.05, 3.63) is 35.9 Å². The Morgan fingerprint density at radius 1 is 0.500 bits per heavy atom. The third-order valence-corrected chi connectivity index (χ3v) is 3.23. The average molecular weight is 371 g/mol. The monoisotopic (exact) mass is 371 g/mol. The highest BCUT2D eigenvalue weighted by Gasteiger charge is 1.94. The molecule has 0 radical (unpaired) electrons. The maximum atomic E-state index is 5.53. The maximum absolute atomic E-state index is 5.53. The van der Waals surface area contributed by atoms with Gasteiger partial charge in [-0.25, -0.2) is 0 Å². The Morgan fingerprint density at radius 2 is 0.885 bits per heavy atom. The van der Waals surface area contributed by atoms with Crippen LogP contribution in [0.15, 0.2) is 30.3 Å². The number of hydrogen-bond acceptors (Lipinski definition) is 7. The fraction of sp³-hybridized carbons (Fsp3) is 0.684. The van der Waals surface area contributed by atoms with E-state index >= 15 is 0 Å². The van der Waals surface area contributed by atoms with Gasteiger partial charge in [-0.3, -0.25) is 0 Å². The normalized spacial score (nSPS) is 11.1. The van der Waals surface area contributed by atoms with E-state index in [1.807, 2.05) is 30.3 Å². The van der Waals surface area contributed by atoms with Gasteiger partial charge in [0.2, 0.25) is 0 Å². The molecule has 1 aromatic rings. The second kappa shape index (κ2) is 18.7. The van der Waals surface area contributed by atoms with Crippen LogP contribution in [0, 0.1) is 0 Å². The minimum absolute atomic E-state index is 0.538. The van der Waals surface area contributed by atoms with Gasteiger partial charge in [-0.05, 0) is 5.56 Å². The molecule has 2 N–H and O–H groups in total. The van der Waals surface area contributed by atoms with Crippen molar-refractivity contribution in [2.24, 2.45) is 5.73 Å². The first-order valence-corrected chi connectivity index (χ1v) is 9.14. The SMILES string of the molecule is NCCOCCOCCOCCOCCOCCOCc1ccccc1. The molecular weight excluding hydrogens is 338 g/mol. The molecule has 0 atom stereocenters. The third-order valence-electron chi connectivity index (χ3n) is 3.23. The van der Waals surface area contributed by atoms with Crippen LogP contribution >= 0.6 is 0 Å². The topological polar surface area (TPSA) is 81.4 Å². The predicted molar refractivity (Wildman–Crippen MR) is 99.2 cm³/mol. The molecule has 0 saturated heterocycles. The molecule has 0 saturated carbocycles. The van der Waals surface area contributed by atoms with Gasteiger partial charge < -0.3 is 34.2 Å². The summed E-state index contributed by atoms with van der Waals surface area (Å²) in [7, 11) is 0. The third kappa shape index (κ3) is 15.2. The van der Waals surface area contributed by atoms with E-state index < -0.39 is 0 Å². The Morgan fingerprint density at radius 3 is 1.31 bits per heavy atom. The summed E-state index contributed by atoms with van der Waals surface area (Å²) in [6.07, 6.45) is 0. The minimum atomic E-state index is 0.538. The van der Waals surface area contributed by atoms with E-state index in [9.17, 15) is 0 Å². The van der Waals surface area contributed by atoms with E-state index in [2.05, 4.69) is 0 Å². The summed E-state index contributed by atoms with van der Waals surface area (Å²) in [5.74, 6) is 0. The summed E-state index contributed by atoms with van der Waals surface area (Å²) in [6, 6.07) is 10.1. The van der Waals surface area contributed by atoms with E-state index in [1.165, 1.54) is 5.56 Å². The van der Waals surface area contributed by atoms with Gasteiger partial charge in [-0.15, -0.1) is 0 Å². The number of benzene rings is 1. The number of rotatable bonds is 19. The highest BCUT2D eigenvalue weighted by molar-refractivity contribution is 5.13. The Hall–Kier alpha value is -1.06. The molecule has 0 aliphatic heterocycles. The number of nitrogens with two attached hydrogens (primary N) is 1. The van der Waals surface area contributed by atoms with Gasteiger partial charge in [0.05, 0.1) is 79.3 Å². The number of ether oxygens (including phenoxy) is 6. The largest absolute Gasteiger partial charge is 0.378 e. The molecule has 7 heteroatoms. The molecule has 1 aromatic carbocycles. The molecule has 150 valence electrons. The summed E-state index contributed by atoms with van der Waals surface area (Å²) in [6.45, 7) is 7.31. The van der Waals surface area contributed by atoms with Crippen molar-refractivity contribution in [2.75, 3.05) is 79.2 Å². The van der Waals surface area contributed by atoms with Crippen LogP contribution in [0.1, 0.15) is 5.56 Å². The second-order valence-corrected chi connectivity index (χ2v) is 5.39. The smallest absolute Gasteiger partial charge is 0.0718 e. The summed E-state index contributed by atoms with van der Waals surface area (Å²) in [5, 5.41) is 0. The summed E-state index contributed by atoms with van der Waals surface area (Å²) >= 11 is 0. The van der Waals surface area contributed by atoms with Crippen molar-refractivity contribution in [2.45, 2.75) is 6.61 Å². The zero-order valence-electron chi connectivity index (χ0n) is 15.6. The molecule has 0 aromatic heterocycles. The Kier molecular flexibility index (Phi) is 16.5. The molecule has 1 rings (SSSR count). The molecule has 0 amide bonds. The van der Waals surface area contributed by atoms with Crippen molar-refractivity contribution >= 4 is 0 Å². The highest BCUT2D eigenvalue weighted by Crippen LogP contribution is 1.99. The Balaban J connectivity index is 1.68. The van der Waals surface area contributed by atoms with Crippen LogP contribution in [0.4, 0.5) is 0 Å².